The van der Waals surface area contributed by atoms with Gasteiger partial charge in [0.1, 0.15) is 0 Å². The highest BCUT2D eigenvalue weighted by molar-refractivity contribution is 5.61. The van der Waals surface area contributed by atoms with Crippen molar-refractivity contribution in [2.24, 2.45) is 0 Å². The SMILES string of the molecule is C=C(C)c1ccc(C(C)(C)C)cc1.CCCC. The Labute approximate surface area is 108 Å². The zero-order chi connectivity index (χ0) is 13.5. The molecule has 0 heterocycles. The van der Waals surface area contributed by atoms with Gasteiger partial charge in [-0.05, 0) is 23.5 Å². The number of benzene rings is 1. The molecular weight excluding hydrogens is 204 g/mol. The third-order valence-corrected chi connectivity index (χ3v) is 2.74. The topological polar surface area (TPSA) is 0 Å². The molecule has 0 spiro atoms. The standard InChI is InChI=1S/C13H18.C4H10/c1-10(2)11-6-8-12(9-7-11)13(3,4)5;1-3-4-2/h6-9H,1H2,2-5H3;3-4H2,1-2H3. The molecule has 0 bridgehead atoms. The first-order chi connectivity index (χ1) is 7.82. The average molecular weight is 232 g/mol. The summed E-state index contributed by atoms with van der Waals surface area (Å²) >= 11 is 0. The van der Waals surface area contributed by atoms with E-state index in [1.54, 1.807) is 0 Å². The van der Waals surface area contributed by atoms with E-state index in [4.69, 9.17) is 0 Å². The zero-order valence-corrected chi connectivity index (χ0v) is 12.4. The monoisotopic (exact) mass is 232 g/mol. The van der Waals surface area contributed by atoms with Crippen molar-refractivity contribution in [1.82, 2.24) is 0 Å². The molecule has 0 nitrogen and oxygen atoms in total. The zero-order valence-electron chi connectivity index (χ0n) is 12.4. The molecule has 17 heavy (non-hydrogen) atoms. The minimum atomic E-state index is 0.244. The van der Waals surface area contributed by atoms with Crippen LogP contribution in [0.3, 0.4) is 0 Å². The lowest BCUT2D eigenvalue weighted by molar-refractivity contribution is 0.590. The Bertz CT molecular complexity index is 320. The molecule has 0 amide bonds. The number of unbranched alkanes of at least 4 members (excludes halogenated alkanes) is 1. The molecule has 0 aromatic heterocycles. The molecule has 0 aliphatic rings. The van der Waals surface area contributed by atoms with Crippen LogP contribution in [0.4, 0.5) is 0 Å². The molecule has 1 rings (SSSR count). The second-order valence-corrected chi connectivity index (χ2v) is 5.61. The minimum absolute atomic E-state index is 0.244. The van der Waals surface area contributed by atoms with Crippen LogP contribution >= 0.6 is 0 Å². The van der Waals surface area contributed by atoms with E-state index in [1.165, 1.54) is 24.0 Å². The first-order valence-electron chi connectivity index (χ1n) is 6.59. The summed E-state index contributed by atoms with van der Waals surface area (Å²) in [6.07, 6.45) is 2.64. The molecule has 1 aromatic carbocycles. The maximum Gasteiger partial charge on any atom is -0.0132 e. The number of allylic oxidation sites excluding steroid dienone is 1. The van der Waals surface area contributed by atoms with Gasteiger partial charge in [-0.3, -0.25) is 0 Å². The van der Waals surface area contributed by atoms with Gasteiger partial charge in [0.25, 0.3) is 0 Å². The highest BCUT2D eigenvalue weighted by atomic mass is 14.2. The Kier molecular flexibility index (Phi) is 6.87. The summed E-state index contributed by atoms with van der Waals surface area (Å²) in [6.45, 7) is 17.0. The maximum atomic E-state index is 3.92. The molecule has 0 unspecified atom stereocenters. The smallest absolute Gasteiger partial charge is 0.0132 e. The molecule has 96 valence electrons. The Hall–Kier alpha value is -1.04. The van der Waals surface area contributed by atoms with Crippen molar-refractivity contribution in [2.75, 3.05) is 0 Å². The van der Waals surface area contributed by atoms with E-state index in [-0.39, 0.29) is 5.41 Å². The van der Waals surface area contributed by atoms with E-state index in [1.807, 2.05) is 6.92 Å². The molecule has 0 fully saturated rings. The lowest BCUT2D eigenvalue weighted by atomic mass is 9.86. The minimum Gasteiger partial charge on any atom is -0.0955 e. The van der Waals surface area contributed by atoms with E-state index < -0.39 is 0 Å². The van der Waals surface area contributed by atoms with Gasteiger partial charge in [0.05, 0.1) is 0 Å². The molecule has 1 aromatic rings. The van der Waals surface area contributed by atoms with Crippen molar-refractivity contribution in [2.45, 2.75) is 59.8 Å². The van der Waals surface area contributed by atoms with Crippen molar-refractivity contribution in [3.8, 4) is 0 Å². The summed E-state index contributed by atoms with van der Waals surface area (Å²) in [5.41, 5.74) is 3.97. The van der Waals surface area contributed by atoms with E-state index >= 15 is 0 Å². The van der Waals surface area contributed by atoms with Crippen LogP contribution in [0.1, 0.15) is 65.5 Å². The van der Waals surface area contributed by atoms with Crippen LogP contribution in [0.25, 0.3) is 5.57 Å². The molecule has 0 saturated heterocycles. The fraction of sp³-hybridized carbons (Fsp3) is 0.529. The van der Waals surface area contributed by atoms with Crippen LogP contribution in [0, 0.1) is 0 Å². The van der Waals surface area contributed by atoms with Crippen molar-refractivity contribution >= 4 is 5.57 Å². The largest absolute Gasteiger partial charge is 0.0955 e. The first-order valence-corrected chi connectivity index (χ1v) is 6.59. The summed E-state index contributed by atoms with van der Waals surface area (Å²) < 4.78 is 0. The Morgan fingerprint density at radius 1 is 1.00 bits per heavy atom. The molecule has 0 aliphatic carbocycles. The molecule has 0 N–H and O–H groups in total. The molecule has 0 radical (unpaired) electrons. The predicted octanol–water partition coefficient (Wildman–Crippen LogP) is 5.82. The normalized spacial score (nSPS) is 10.5. The van der Waals surface area contributed by atoms with Crippen molar-refractivity contribution in [3.63, 3.8) is 0 Å². The summed E-state index contributed by atoms with van der Waals surface area (Å²) in [5, 5.41) is 0. The van der Waals surface area contributed by atoms with Crippen LogP contribution in [0.5, 0.6) is 0 Å². The quantitative estimate of drug-likeness (QED) is 0.602. The van der Waals surface area contributed by atoms with E-state index in [9.17, 15) is 0 Å². The van der Waals surface area contributed by atoms with Crippen LogP contribution in [-0.2, 0) is 5.41 Å². The second kappa shape index (κ2) is 7.32. The summed E-state index contributed by atoms with van der Waals surface area (Å²) in [7, 11) is 0. The summed E-state index contributed by atoms with van der Waals surface area (Å²) in [4.78, 5) is 0. The van der Waals surface area contributed by atoms with Gasteiger partial charge in [-0.15, -0.1) is 0 Å². The van der Waals surface area contributed by atoms with Gasteiger partial charge >= 0.3 is 0 Å². The van der Waals surface area contributed by atoms with Crippen LogP contribution in [0.15, 0.2) is 30.8 Å². The number of hydrogen-bond donors (Lipinski definition) is 0. The van der Waals surface area contributed by atoms with Crippen molar-refractivity contribution < 1.29 is 0 Å². The Morgan fingerprint density at radius 3 is 1.65 bits per heavy atom. The molecule has 0 saturated carbocycles. The van der Waals surface area contributed by atoms with Crippen LogP contribution < -0.4 is 0 Å². The van der Waals surface area contributed by atoms with E-state index in [0.29, 0.717) is 0 Å². The van der Waals surface area contributed by atoms with Gasteiger partial charge in [-0.2, -0.15) is 0 Å². The van der Waals surface area contributed by atoms with Gasteiger partial charge in [-0.1, -0.05) is 83.9 Å². The first kappa shape index (κ1) is 16.0. The highest BCUT2D eigenvalue weighted by Gasteiger charge is 2.12. The number of hydrogen-bond acceptors (Lipinski definition) is 0. The predicted molar refractivity (Wildman–Crippen MR) is 80.4 cm³/mol. The van der Waals surface area contributed by atoms with Gasteiger partial charge < -0.3 is 0 Å². The molecule has 0 heteroatoms. The Balaban J connectivity index is 0.000000557. The average Bonchev–Trinajstić information content (AvgIpc) is 2.28. The summed E-state index contributed by atoms with van der Waals surface area (Å²) in [5.74, 6) is 0. The fourth-order valence-electron chi connectivity index (χ4n) is 1.25. The highest BCUT2D eigenvalue weighted by Crippen LogP contribution is 2.23. The van der Waals surface area contributed by atoms with E-state index in [2.05, 4.69) is 65.5 Å². The summed E-state index contributed by atoms with van der Waals surface area (Å²) in [6, 6.07) is 8.65. The second-order valence-electron chi connectivity index (χ2n) is 5.61. The lowest BCUT2D eigenvalue weighted by Crippen LogP contribution is -2.10. The maximum absolute atomic E-state index is 3.92. The number of rotatable bonds is 2. The van der Waals surface area contributed by atoms with Crippen molar-refractivity contribution in [1.29, 1.82) is 0 Å². The van der Waals surface area contributed by atoms with Gasteiger partial charge in [0, 0.05) is 0 Å². The van der Waals surface area contributed by atoms with Gasteiger partial charge in [0.2, 0.25) is 0 Å². The van der Waals surface area contributed by atoms with Gasteiger partial charge in [0.15, 0.2) is 0 Å². The molecular formula is C17H28. The van der Waals surface area contributed by atoms with Crippen LogP contribution in [0.2, 0.25) is 0 Å². The third-order valence-electron chi connectivity index (χ3n) is 2.74. The van der Waals surface area contributed by atoms with Gasteiger partial charge in [-0.25, -0.2) is 0 Å². The Morgan fingerprint density at radius 2 is 1.41 bits per heavy atom. The lowest BCUT2D eigenvalue weighted by Gasteiger charge is -2.19. The van der Waals surface area contributed by atoms with Crippen molar-refractivity contribution in [3.05, 3.63) is 42.0 Å². The van der Waals surface area contributed by atoms with Crippen LogP contribution in [-0.4, -0.2) is 0 Å². The molecule has 0 aliphatic heterocycles. The molecule has 0 atom stereocenters. The van der Waals surface area contributed by atoms with E-state index in [0.717, 1.165) is 5.57 Å². The fourth-order valence-corrected chi connectivity index (χ4v) is 1.25. The third kappa shape index (κ3) is 6.31.